The highest BCUT2D eigenvalue weighted by Crippen LogP contribution is 2.66. The molecule has 15 nitrogen and oxygen atoms in total. The number of nitrogens with two attached hydrogens (primary N) is 1. The minimum Gasteiger partial charge on any atom is -0.387 e. The molecule has 19 heteroatoms. The lowest BCUT2D eigenvalue weighted by Gasteiger charge is -2.15. The molecule has 2 rings (SSSR count). The number of halogens is 1. The summed E-state index contributed by atoms with van der Waals surface area (Å²) in [5.74, 6) is 0.0484. The Balaban J connectivity index is 2.15. The molecule has 1 fully saturated rings. The van der Waals surface area contributed by atoms with Crippen molar-refractivity contribution in [3.05, 3.63) is 34.6 Å². The van der Waals surface area contributed by atoms with Crippen LogP contribution in [0.3, 0.4) is 0 Å². The van der Waals surface area contributed by atoms with Crippen molar-refractivity contribution in [3.8, 4) is 0 Å². The molecule has 164 valence electrons. The molecule has 6 atom stereocenters. The van der Waals surface area contributed by atoms with E-state index in [1.807, 2.05) is 0 Å². The zero-order valence-electron chi connectivity index (χ0n) is 13.9. The van der Waals surface area contributed by atoms with Gasteiger partial charge < -0.3 is 35.2 Å². The maximum absolute atomic E-state index is 14.3. The van der Waals surface area contributed by atoms with E-state index < -0.39 is 53.5 Å². The molecule has 1 saturated heterocycles. The van der Waals surface area contributed by atoms with E-state index in [-0.39, 0.29) is 11.6 Å². The van der Waals surface area contributed by atoms with Gasteiger partial charge in [-0.2, -0.15) is 9.29 Å². The van der Waals surface area contributed by atoms with Crippen molar-refractivity contribution >= 4 is 29.1 Å². The van der Waals surface area contributed by atoms with Crippen LogP contribution in [0, 0.1) is 0 Å². The predicted molar refractivity (Wildman–Crippen MR) is 90.7 cm³/mol. The molecular weight excluding hydrogens is 466 g/mol. The van der Waals surface area contributed by atoms with Crippen LogP contribution in [-0.2, 0) is 27.1 Å². The molecule has 0 amide bonds. The number of aliphatic hydroxyl groups is 1. The number of ether oxygens (including phenoxy) is 1. The number of hydrogen-bond acceptors (Lipinski definition) is 10. The summed E-state index contributed by atoms with van der Waals surface area (Å²) in [6.07, 6.45) is -5.79. The number of nitrogen functional groups attached to an aromatic ring is 1. The third-order valence-corrected chi connectivity index (χ3v) is 7.24. The van der Waals surface area contributed by atoms with E-state index in [0.717, 1.165) is 12.3 Å². The van der Waals surface area contributed by atoms with Gasteiger partial charge in [0.15, 0.2) is 12.4 Å². The number of anilines is 1. The maximum Gasteiger partial charge on any atom is 0.488 e. The second-order valence-corrected chi connectivity index (χ2v) is 10.1. The Bertz CT molecular complexity index is 994. The SMILES string of the molecule is Nc1ccn([C@@H]2O[C@H](/C=C/P(=O)(O)OP(=O)(O)OP(=O)(O)O)[C@@H](O)[C@H]2F)c(=O)n1. The Hall–Kier alpha value is -1.28. The van der Waals surface area contributed by atoms with Crippen LogP contribution in [0.4, 0.5) is 10.2 Å². The Morgan fingerprint density at radius 2 is 1.86 bits per heavy atom. The van der Waals surface area contributed by atoms with Gasteiger partial charge in [0.1, 0.15) is 18.0 Å². The van der Waals surface area contributed by atoms with Gasteiger partial charge in [-0.05, 0) is 12.1 Å². The number of alkyl halides is 1. The fourth-order valence-corrected chi connectivity index (χ4v) is 5.43. The lowest BCUT2D eigenvalue weighted by atomic mass is 10.1. The molecule has 0 aliphatic carbocycles. The van der Waals surface area contributed by atoms with Gasteiger partial charge in [-0.15, -0.1) is 0 Å². The third kappa shape index (κ3) is 6.60. The summed E-state index contributed by atoms with van der Waals surface area (Å²) in [5, 5.41) is 9.86. The summed E-state index contributed by atoms with van der Waals surface area (Å²) in [6, 6.07) is 1.16. The van der Waals surface area contributed by atoms with Crippen LogP contribution in [0.2, 0.25) is 0 Å². The topological polar surface area (TPSA) is 241 Å². The summed E-state index contributed by atoms with van der Waals surface area (Å²) in [4.78, 5) is 50.6. The zero-order chi connectivity index (χ0) is 22.2. The van der Waals surface area contributed by atoms with E-state index in [9.17, 15) is 32.9 Å². The maximum atomic E-state index is 14.3. The van der Waals surface area contributed by atoms with Gasteiger partial charge in [0.05, 0.1) is 0 Å². The van der Waals surface area contributed by atoms with Gasteiger partial charge in [0, 0.05) is 12.0 Å². The van der Waals surface area contributed by atoms with Crippen molar-refractivity contribution < 1.29 is 56.1 Å². The van der Waals surface area contributed by atoms with Crippen LogP contribution < -0.4 is 11.4 Å². The van der Waals surface area contributed by atoms with Crippen molar-refractivity contribution in [1.82, 2.24) is 9.55 Å². The zero-order valence-corrected chi connectivity index (χ0v) is 16.6. The molecule has 0 saturated carbocycles. The van der Waals surface area contributed by atoms with E-state index in [1.165, 1.54) is 0 Å². The molecule has 1 aromatic heterocycles. The highest BCUT2D eigenvalue weighted by Gasteiger charge is 2.45. The Morgan fingerprint density at radius 3 is 2.41 bits per heavy atom. The average molecular weight is 481 g/mol. The second-order valence-electron chi connectivity index (χ2n) is 5.50. The predicted octanol–water partition coefficient (Wildman–Crippen LogP) is -0.653. The van der Waals surface area contributed by atoms with Crippen molar-refractivity contribution in [1.29, 1.82) is 0 Å². The molecule has 0 spiro atoms. The van der Waals surface area contributed by atoms with Crippen molar-refractivity contribution in [2.75, 3.05) is 5.73 Å². The first-order valence-corrected chi connectivity index (χ1v) is 11.9. The normalized spacial score (nSPS) is 29.6. The number of nitrogens with zero attached hydrogens (tertiary/aromatic N) is 2. The van der Waals surface area contributed by atoms with Crippen LogP contribution in [-0.4, -0.2) is 52.6 Å². The first kappa shape index (κ1) is 24.0. The monoisotopic (exact) mass is 481 g/mol. The Morgan fingerprint density at radius 1 is 1.24 bits per heavy atom. The van der Waals surface area contributed by atoms with Gasteiger partial charge in [-0.25, -0.2) is 22.6 Å². The summed E-state index contributed by atoms with van der Waals surface area (Å²) < 4.78 is 60.8. The molecule has 29 heavy (non-hydrogen) atoms. The summed E-state index contributed by atoms with van der Waals surface area (Å²) in [5.41, 5.74) is 4.31. The molecule has 0 bridgehead atoms. The summed E-state index contributed by atoms with van der Waals surface area (Å²) in [7, 11) is -16.4. The van der Waals surface area contributed by atoms with Gasteiger partial charge in [0.2, 0.25) is 0 Å². The van der Waals surface area contributed by atoms with Gasteiger partial charge >= 0.3 is 28.9 Å². The summed E-state index contributed by atoms with van der Waals surface area (Å²) >= 11 is 0. The number of phosphoric acid groups is 2. The number of rotatable bonds is 7. The first-order valence-electron chi connectivity index (χ1n) is 7.25. The fraction of sp³-hybridized carbons (Fsp3) is 0.400. The van der Waals surface area contributed by atoms with E-state index in [0.29, 0.717) is 10.6 Å². The van der Waals surface area contributed by atoms with Crippen LogP contribution in [0.1, 0.15) is 6.23 Å². The minimum atomic E-state index is -5.67. The van der Waals surface area contributed by atoms with Crippen LogP contribution in [0.15, 0.2) is 29.0 Å². The molecule has 2 unspecified atom stereocenters. The fourth-order valence-electron chi connectivity index (χ4n) is 2.18. The van der Waals surface area contributed by atoms with Crippen LogP contribution >= 0.6 is 23.2 Å². The highest BCUT2D eigenvalue weighted by atomic mass is 31.3. The third-order valence-electron chi connectivity index (χ3n) is 3.25. The van der Waals surface area contributed by atoms with Gasteiger partial charge in [-0.1, -0.05) is 0 Å². The first-order chi connectivity index (χ1) is 13.1. The highest BCUT2D eigenvalue weighted by molar-refractivity contribution is 7.69. The van der Waals surface area contributed by atoms with Crippen LogP contribution in [0.25, 0.3) is 0 Å². The number of aromatic nitrogens is 2. The Kier molecular flexibility index (Phi) is 7.00. The lowest BCUT2D eigenvalue weighted by Crippen LogP contribution is -2.33. The van der Waals surface area contributed by atoms with E-state index in [4.69, 9.17) is 25.2 Å². The summed E-state index contributed by atoms with van der Waals surface area (Å²) in [6.45, 7) is 0. The van der Waals surface area contributed by atoms with E-state index >= 15 is 0 Å². The van der Waals surface area contributed by atoms with Gasteiger partial charge in [-0.3, -0.25) is 9.13 Å². The number of hydrogen-bond donors (Lipinski definition) is 6. The molecule has 2 heterocycles. The van der Waals surface area contributed by atoms with E-state index in [2.05, 4.69) is 13.6 Å². The molecule has 0 radical (unpaired) electrons. The molecule has 1 aromatic rings. The average Bonchev–Trinajstić information content (AvgIpc) is 2.78. The standard InChI is InChI=1S/C10H15FN3O12P3/c11-7-8(15)5(24-9(7)14-3-1-6(12)13-10(14)16)2-4-27(17,18)25-29(22,23)26-28(19,20)21/h1-5,7-9,15H,(H,17,18)(H,22,23)(H2,12,13,16)(H2,19,20,21)/b4-2+/t5-,7-,8-,9-/m1/s1. The van der Waals surface area contributed by atoms with Crippen molar-refractivity contribution in [3.63, 3.8) is 0 Å². The Labute approximate surface area is 160 Å². The molecule has 0 aromatic carbocycles. The largest absolute Gasteiger partial charge is 0.488 e. The second kappa shape index (κ2) is 8.46. The van der Waals surface area contributed by atoms with E-state index in [1.54, 1.807) is 0 Å². The molecule has 1 aliphatic rings. The van der Waals surface area contributed by atoms with Crippen molar-refractivity contribution in [2.24, 2.45) is 0 Å². The number of aliphatic hydroxyl groups excluding tert-OH is 1. The van der Waals surface area contributed by atoms with Crippen LogP contribution in [0.5, 0.6) is 0 Å². The minimum absolute atomic E-state index is 0.152. The quantitative estimate of drug-likeness (QED) is 0.265. The molecule has 7 N–H and O–H groups in total. The van der Waals surface area contributed by atoms with Gasteiger partial charge in [0.25, 0.3) is 0 Å². The smallest absolute Gasteiger partial charge is 0.387 e. The molecule has 1 aliphatic heterocycles. The lowest BCUT2D eigenvalue weighted by molar-refractivity contribution is -0.00685. The molecular formula is C10H15FN3O12P3. The van der Waals surface area contributed by atoms with Crippen molar-refractivity contribution in [2.45, 2.75) is 24.6 Å².